The van der Waals surface area contributed by atoms with Gasteiger partial charge < -0.3 is 14.4 Å². The molecule has 0 saturated carbocycles. The molecule has 0 amide bonds. The van der Waals surface area contributed by atoms with Crippen LogP contribution in [0.3, 0.4) is 0 Å². The molecule has 1 aromatic heterocycles. The van der Waals surface area contributed by atoms with E-state index in [1.165, 1.54) is 7.11 Å². The van der Waals surface area contributed by atoms with Crippen molar-refractivity contribution in [3.8, 4) is 0 Å². The van der Waals surface area contributed by atoms with E-state index < -0.39 is 5.97 Å². The molecule has 2 heterocycles. The molecule has 1 aliphatic heterocycles. The number of aromatic carboxylic acids is 1. The van der Waals surface area contributed by atoms with Gasteiger partial charge in [0.2, 0.25) is 0 Å². The number of esters is 1. The summed E-state index contributed by atoms with van der Waals surface area (Å²) in [5.41, 5.74) is 0.674. The van der Waals surface area contributed by atoms with E-state index in [1.54, 1.807) is 6.92 Å². The Kier molecular flexibility index (Phi) is 2.87. The average molecular weight is 238 g/mol. The SMILES string of the molecule is COC(=O)C1CCn2c(C)nc(C(=O)O)c2C1. The van der Waals surface area contributed by atoms with Crippen LogP contribution in [0, 0.1) is 12.8 Å². The number of hydrogen-bond donors (Lipinski definition) is 1. The van der Waals surface area contributed by atoms with Gasteiger partial charge in [-0.1, -0.05) is 0 Å². The van der Waals surface area contributed by atoms with Crippen LogP contribution in [0.15, 0.2) is 0 Å². The largest absolute Gasteiger partial charge is 0.476 e. The number of carbonyl (C=O) groups is 2. The summed E-state index contributed by atoms with van der Waals surface area (Å²) in [4.78, 5) is 26.5. The van der Waals surface area contributed by atoms with E-state index in [1.807, 2.05) is 4.57 Å². The summed E-state index contributed by atoms with van der Waals surface area (Å²) in [6, 6.07) is 0. The van der Waals surface area contributed by atoms with Gasteiger partial charge in [-0.25, -0.2) is 9.78 Å². The van der Waals surface area contributed by atoms with E-state index in [-0.39, 0.29) is 17.6 Å². The maximum atomic E-state index is 11.5. The van der Waals surface area contributed by atoms with Crippen molar-refractivity contribution in [1.29, 1.82) is 0 Å². The minimum absolute atomic E-state index is 0.0519. The van der Waals surface area contributed by atoms with E-state index in [0.717, 1.165) is 0 Å². The fourth-order valence-corrected chi connectivity index (χ4v) is 2.27. The van der Waals surface area contributed by atoms with Crippen LogP contribution < -0.4 is 0 Å². The Hall–Kier alpha value is -1.85. The van der Waals surface area contributed by atoms with Gasteiger partial charge in [0, 0.05) is 13.0 Å². The lowest BCUT2D eigenvalue weighted by Gasteiger charge is -2.22. The number of methoxy groups -OCH3 is 1. The van der Waals surface area contributed by atoms with Gasteiger partial charge in [0.1, 0.15) is 5.82 Å². The second-order valence-corrected chi connectivity index (χ2v) is 4.12. The van der Waals surface area contributed by atoms with E-state index in [9.17, 15) is 9.59 Å². The first-order chi connectivity index (χ1) is 8.04. The highest BCUT2D eigenvalue weighted by atomic mass is 16.5. The zero-order valence-corrected chi connectivity index (χ0v) is 9.77. The third-order valence-corrected chi connectivity index (χ3v) is 3.14. The van der Waals surface area contributed by atoms with Crippen LogP contribution in [0.2, 0.25) is 0 Å². The third-order valence-electron chi connectivity index (χ3n) is 3.14. The Morgan fingerprint density at radius 2 is 2.24 bits per heavy atom. The molecule has 0 radical (unpaired) electrons. The van der Waals surface area contributed by atoms with Crippen molar-refractivity contribution >= 4 is 11.9 Å². The number of aryl methyl sites for hydroxylation is 1. The highest BCUT2D eigenvalue weighted by Gasteiger charge is 2.30. The van der Waals surface area contributed by atoms with Gasteiger partial charge in [-0.05, 0) is 13.3 Å². The van der Waals surface area contributed by atoms with E-state index >= 15 is 0 Å². The lowest BCUT2D eigenvalue weighted by Crippen LogP contribution is -2.27. The summed E-state index contributed by atoms with van der Waals surface area (Å²) in [5.74, 6) is -0.916. The van der Waals surface area contributed by atoms with Crippen LogP contribution in [-0.4, -0.2) is 33.7 Å². The molecule has 17 heavy (non-hydrogen) atoms. The normalized spacial score (nSPS) is 18.6. The van der Waals surface area contributed by atoms with Crippen molar-refractivity contribution in [2.45, 2.75) is 26.3 Å². The second-order valence-electron chi connectivity index (χ2n) is 4.12. The molecule has 0 spiro atoms. The number of imidazole rings is 1. The molecule has 1 N–H and O–H groups in total. The number of carboxylic acids is 1. The van der Waals surface area contributed by atoms with Crippen LogP contribution in [-0.2, 0) is 22.5 Å². The predicted molar refractivity (Wildman–Crippen MR) is 57.8 cm³/mol. The van der Waals surface area contributed by atoms with Gasteiger partial charge >= 0.3 is 11.9 Å². The fourth-order valence-electron chi connectivity index (χ4n) is 2.27. The monoisotopic (exact) mass is 238 g/mol. The van der Waals surface area contributed by atoms with Crippen molar-refractivity contribution in [2.75, 3.05) is 7.11 Å². The predicted octanol–water partition coefficient (Wildman–Crippen LogP) is 0.625. The first kappa shape index (κ1) is 11.6. The quantitative estimate of drug-likeness (QED) is 0.764. The summed E-state index contributed by atoms with van der Waals surface area (Å²) in [6.45, 7) is 2.38. The lowest BCUT2D eigenvalue weighted by atomic mass is 9.95. The third kappa shape index (κ3) is 1.90. The van der Waals surface area contributed by atoms with Crippen molar-refractivity contribution < 1.29 is 19.4 Å². The molecule has 2 rings (SSSR count). The molecule has 0 saturated heterocycles. The average Bonchev–Trinajstić information content (AvgIpc) is 2.65. The number of aromatic nitrogens is 2. The molecule has 0 aliphatic carbocycles. The van der Waals surface area contributed by atoms with Gasteiger partial charge in [0.25, 0.3) is 0 Å². The van der Waals surface area contributed by atoms with E-state index in [4.69, 9.17) is 9.84 Å². The number of rotatable bonds is 2. The summed E-state index contributed by atoms with van der Waals surface area (Å²) in [5, 5.41) is 9.04. The van der Waals surface area contributed by atoms with Gasteiger partial charge in [-0.3, -0.25) is 4.79 Å². The molecule has 1 unspecified atom stereocenters. The molecule has 92 valence electrons. The van der Waals surface area contributed by atoms with Gasteiger partial charge in [0.15, 0.2) is 5.69 Å². The molecule has 6 nitrogen and oxygen atoms in total. The maximum absolute atomic E-state index is 11.5. The topological polar surface area (TPSA) is 81.4 Å². The fraction of sp³-hybridized carbons (Fsp3) is 0.545. The van der Waals surface area contributed by atoms with Crippen molar-refractivity contribution in [3.05, 3.63) is 17.2 Å². The maximum Gasteiger partial charge on any atom is 0.356 e. The highest BCUT2D eigenvalue weighted by Crippen LogP contribution is 2.25. The standard InChI is InChI=1S/C11H14N2O4/c1-6-12-9(10(14)15)8-5-7(11(16)17-2)3-4-13(6)8/h7H,3-5H2,1-2H3,(H,14,15). The Balaban J connectivity index is 2.36. The molecule has 0 fully saturated rings. The first-order valence-corrected chi connectivity index (χ1v) is 5.41. The van der Waals surface area contributed by atoms with Crippen LogP contribution in [0.25, 0.3) is 0 Å². The smallest absolute Gasteiger partial charge is 0.356 e. The van der Waals surface area contributed by atoms with E-state index in [2.05, 4.69) is 4.98 Å². The van der Waals surface area contributed by atoms with Gasteiger partial charge in [-0.2, -0.15) is 0 Å². The number of ether oxygens (including phenoxy) is 1. The number of fused-ring (bicyclic) bond motifs is 1. The highest BCUT2D eigenvalue weighted by molar-refractivity contribution is 5.87. The number of nitrogens with zero attached hydrogens (tertiary/aromatic N) is 2. The van der Waals surface area contributed by atoms with Crippen LogP contribution >= 0.6 is 0 Å². The van der Waals surface area contributed by atoms with Gasteiger partial charge in [-0.15, -0.1) is 0 Å². The molecule has 0 aromatic carbocycles. The minimum Gasteiger partial charge on any atom is -0.476 e. The zero-order chi connectivity index (χ0) is 12.6. The van der Waals surface area contributed by atoms with Crippen LogP contribution in [0.5, 0.6) is 0 Å². The van der Waals surface area contributed by atoms with Crippen LogP contribution in [0.1, 0.15) is 28.4 Å². The van der Waals surface area contributed by atoms with E-state index in [0.29, 0.717) is 30.9 Å². The van der Waals surface area contributed by atoms with Gasteiger partial charge in [0.05, 0.1) is 18.7 Å². The second kappa shape index (κ2) is 4.20. The minimum atomic E-state index is -1.05. The number of carboxylic acid groups (broad SMARTS) is 1. The summed E-state index contributed by atoms with van der Waals surface area (Å²) < 4.78 is 6.56. The zero-order valence-electron chi connectivity index (χ0n) is 9.77. The summed E-state index contributed by atoms with van der Waals surface area (Å²) in [7, 11) is 1.34. The number of hydrogen-bond acceptors (Lipinski definition) is 4. The molecule has 1 aromatic rings. The molecular weight excluding hydrogens is 224 g/mol. The Morgan fingerprint density at radius 3 is 2.82 bits per heavy atom. The molecule has 1 aliphatic rings. The molecule has 0 bridgehead atoms. The Morgan fingerprint density at radius 1 is 1.53 bits per heavy atom. The first-order valence-electron chi connectivity index (χ1n) is 5.41. The Bertz CT molecular complexity index is 478. The summed E-state index contributed by atoms with van der Waals surface area (Å²) >= 11 is 0. The summed E-state index contributed by atoms with van der Waals surface area (Å²) in [6.07, 6.45) is 1.05. The number of carbonyl (C=O) groups excluding carboxylic acids is 1. The van der Waals surface area contributed by atoms with Crippen molar-refractivity contribution in [2.24, 2.45) is 5.92 Å². The van der Waals surface area contributed by atoms with Crippen molar-refractivity contribution in [3.63, 3.8) is 0 Å². The van der Waals surface area contributed by atoms with Crippen molar-refractivity contribution in [1.82, 2.24) is 9.55 Å². The molecule has 6 heteroatoms. The molecular formula is C11H14N2O4. The Labute approximate surface area is 98.2 Å². The molecule has 1 atom stereocenters. The van der Waals surface area contributed by atoms with Crippen LogP contribution in [0.4, 0.5) is 0 Å². The lowest BCUT2D eigenvalue weighted by molar-refractivity contribution is -0.146.